The summed E-state index contributed by atoms with van der Waals surface area (Å²) in [7, 11) is 1.59. The van der Waals surface area contributed by atoms with Crippen molar-refractivity contribution in [1.82, 2.24) is 0 Å². The fourth-order valence-corrected chi connectivity index (χ4v) is 2.26. The molecule has 110 valence electrons. The van der Waals surface area contributed by atoms with E-state index in [0.717, 1.165) is 5.56 Å². The minimum atomic E-state index is -0.549. The van der Waals surface area contributed by atoms with Gasteiger partial charge in [-0.3, -0.25) is 4.79 Å². The van der Waals surface area contributed by atoms with E-state index in [-0.39, 0.29) is 25.1 Å². The second kappa shape index (κ2) is 6.21. The van der Waals surface area contributed by atoms with Gasteiger partial charge in [-0.05, 0) is 24.6 Å². The molecule has 1 aromatic carbocycles. The standard InChI is InChI=1S/C14H20N2O4/c1-9-14(18)16(5-6-17)12-7-10(11(15)8-19-2)3-4-13(12)20-9/h3-4,7,9,11,17H,5-6,8,15H2,1-2H3. The molecule has 0 bridgehead atoms. The van der Waals surface area contributed by atoms with E-state index in [1.54, 1.807) is 20.1 Å². The summed E-state index contributed by atoms with van der Waals surface area (Å²) in [6.45, 7) is 2.22. The van der Waals surface area contributed by atoms with Crippen LogP contribution in [0.2, 0.25) is 0 Å². The molecule has 0 fully saturated rings. The fraction of sp³-hybridized carbons (Fsp3) is 0.500. The van der Waals surface area contributed by atoms with E-state index in [4.69, 9.17) is 20.3 Å². The molecule has 1 amide bonds. The number of nitrogens with two attached hydrogens (primary N) is 1. The van der Waals surface area contributed by atoms with Crippen LogP contribution in [0.4, 0.5) is 5.69 Å². The van der Waals surface area contributed by atoms with E-state index < -0.39 is 6.10 Å². The first-order valence-corrected chi connectivity index (χ1v) is 6.55. The van der Waals surface area contributed by atoms with Crippen LogP contribution in [-0.4, -0.2) is 44.0 Å². The molecule has 1 aliphatic rings. The van der Waals surface area contributed by atoms with E-state index in [2.05, 4.69) is 0 Å². The molecule has 0 saturated carbocycles. The summed E-state index contributed by atoms with van der Waals surface area (Å²) in [6.07, 6.45) is -0.549. The maximum Gasteiger partial charge on any atom is 0.267 e. The van der Waals surface area contributed by atoms with Crippen molar-refractivity contribution in [2.24, 2.45) is 5.73 Å². The van der Waals surface area contributed by atoms with Gasteiger partial charge >= 0.3 is 0 Å². The molecule has 2 unspecified atom stereocenters. The SMILES string of the molecule is COCC(N)c1ccc2c(c1)N(CCO)C(=O)C(C)O2. The van der Waals surface area contributed by atoms with Crippen molar-refractivity contribution in [1.29, 1.82) is 0 Å². The van der Waals surface area contributed by atoms with Crippen molar-refractivity contribution in [2.45, 2.75) is 19.1 Å². The average molecular weight is 280 g/mol. The maximum atomic E-state index is 12.1. The molecule has 0 aromatic heterocycles. The van der Waals surface area contributed by atoms with Gasteiger partial charge < -0.3 is 25.2 Å². The van der Waals surface area contributed by atoms with Gasteiger partial charge in [0.05, 0.1) is 24.9 Å². The number of benzene rings is 1. The zero-order valence-electron chi connectivity index (χ0n) is 11.7. The zero-order valence-corrected chi connectivity index (χ0v) is 11.7. The number of fused-ring (bicyclic) bond motifs is 1. The quantitative estimate of drug-likeness (QED) is 0.817. The van der Waals surface area contributed by atoms with Crippen molar-refractivity contribution >= 4 is 11.6 Å². The Morgan fingerprint density at radius 3 is 2.95 bits per heavy atom. The fourth-order valence-electron chi connectivity index (χ4n) is 2.26. The molecule has 3 N–H and O–H groups in total. The number of hydrogen-bond donors (Lipinski definition) is 2. The minimum absolute atomic E-state index is 0.105. The molecule has 1 heterocycles. The average Bonchev–Trinajstić information content (AvgIpc) is 2.44. The lowest BCUT2D eigenvalue weighted by atomic mass is 10.0. The number of amides is 1. The van der Waals surface area contributed by atoms with Crippen molar-refractivity contribution in [3.63, 3.8) is 0 Å². The Balaban J connectivity index is 2.37. The highest BCUT2D eigenvalue weighted by molar-refractivity contribution is 5.99. The van der Waals surface area contributed by atoms with Crippen LogP contribution >= 0.6 is 0 Å². The minimum Gasteiger partial charge on any atom is -0.479 e. The Kier molecular flexibility index (Phi) is 4.59. The Labute approximate surface area is 118 Å². The molecule has 2 rings (SSSR count). The summed E-state index contributed by atoms with van der Waals surface area (Å²) in [6, 6.07) is 5.21. The van der Waals surface area contributed by atoms with Crippen LogP contribution in [0.1, 0.15) is 18.5 Å². The van der Waals surface area contributed by atoms with Gasteiger partial charge in [-0.15, -0.1) is 0 Å². The van der Waals surface area contributed by atoms with Gasteiger partial charge in [0.15, 0.2) is 6.10 Å². The van der Waals surface area contributed by atoms with Crippen LogP contribution in [0.15, 0.2) is 18.2 Å². The maximum absolute atomic E-state index is 12.1. The van der Waals surface area contributed by atoms with Gasteiger partial charge in [-0.25, -0.2) is 0 Å². The van der Waals surface area contributed by atoms with E-state index >= 15 is 0 Å². The number of ether oxygens (including phenoxy) is 2. The van der Waals surface area contributed by atoms with Gasteiger partial charge in [-0.2, -0.15) is 0 Å². The number of rotatable bonds is 5. The summed E-state index contributed by atoms with van der Waals surface area (Å²) in [5.74, 6) is 0.461. The predicted octanol–water partition coefficient (Wildman–Crippen LogP) is 0.439. The van der Waals surface area contributed by atoms with Crippen molar-refractivity contribution in [3.05, 3.63) is 23.8 Å². The summed E-state index contributed by atoms with van der Waals surface area (Å²) < 4.78 is 10.6. The van der Waals surface area contributed by atoms with Gasteiger partial charge in [0.25, 0.3) is 5.91 Å². The first kappa shape index (κ1) is 14.8. The first-order valence-electron chi connectivity index (χ1n) is 6.55. The normalized spacial score (nSPS) is 19.5. The number of aliphatic hydroxyl groups excluding tert-OH is 1. The van der Waals surface area contributed by atoms with E-state index in [1.165, 1.54) is 4.90 Å². The Bertz CT molecular complexity index is 492. The largest absolute Gasteiger partial charge is 0.479 e. The van der Waals surface area contributed by atoms with E-state index in [1.807, 2.05) is 12.1 Å². The van der Waals surface area contributed by atoms with Gasteiger partial charge in [0.1, 0.15) is 5.75 Å². The van der Waals surface area contributed by atoms with E-state index in [0.29, 0.717) is 18.0 Å². The smallest absolute Gasteiger partial charge is 0.267 e. The highest BCUT2D eigenvalue weighted by Crippen LogP contribution is 2.35. The van der Waals surface area contributed by atoms with Crippen LogP contribution in [0.25, 0.3) is 0 Å². The number of aliphatic hydroxyl groups is 1. The number of anilines is 1. The molecular formula is C14H20N2O4. The monoisotopic (exact) mass is 280 g/mol. The van der Waals surface area contributed by atoms with Crippen LogP contribution in [0, 0.1) is 0 Å². The third kappa shape index (κ3) is 2.77. The number of methoxy groups -OCH3 is 1. The molecule has 0 saturated heterocycles. The number of carbonyl (C=O) groups is 1. The number of carbonyl (C=O) groups excluding carboxylic acids is 1. The van der Waals surface area contributed by atoms with E-state index in [9.17, 15) is 4.79 Å². The summed E-state index contributed by atoms with van der Waals surface area (Å²) in [4.78, 5) is 13.7. The van der Waals surface area contributed by atoms with Gasteiger partial charge in [0, 0.05) is 13.7 Å². The van der Waals surface area contributed by atoms with Crippen LogP contribution in [-0.2, 0) is 9.53 Å². The molecule has 1 aromatic rings. The second-order valence-corrected chi connectivity index (χ2v) is 4.76. The number of β-amino-alcohol motifs (C(OH)–C–C–N with tert-alkyl or cyclic N) is 1. The Morgan fingerprint density at radius 2 is 2.30 bits per heavy atom. The Morgan fingerprint density at radius 1 is 1.55 bits per heavy atom. The third-order valence-corrected chi connectivity index (χ3v) is 3.29. The van der Waals surface area contributed by atoms with Crippen molar-refractivity contribution in [3.8, 4) is 5.75 Å². The van der Waals surface area contributed by atoms with Crippen LogP contribution in [0.5, 0.6) is 5.75 Å². The molecule has 20 heavy (non-hydrogen) atoms. The van der Waals surface area contributed by atoms with Crippen molar-refractivity contribution in [2.75, 3.05) is 31.8 Å². The number of hydrogen-bond acceptors (Lipinski definition) is 5. The lowest BCUT2D eigenvalue weighted by Gasteiger charge is -2.33. The predicted molar refractivity (Wildman–Crippen MR) is 74.8 cm³/mol. The van der Waals surface area contributed by atoms with Crippen molar-refractivity contribution < 1.29 is 19.4 Å². The van der Waals surface area contributed by atoms with Gasteiger partial charge in [0.2, 0.25) is 0 Å². The third-order valence-electron chi connectivity index (χ3n) is 3.29. The molecule has 1 aliphatic heterocycles. The summed E-state index contributed by atoms with van der Waals surface area (Å²) >= 11 is 0. The summed E-state index contributed by atoms with van der Waals surface area (Å²) in [5, 5.41) is 9.13. The van der Waals surface area contributed by atoms with Gasteiger partial charge in [-0.1, -0.05) is 6.07 Å². The topological polar surface area (TPSA) is 85.0 Å². The summed E-state index contributed by atoms with van der Waals surface area (Å²) in [5.41, 5.74) is 7.51. The molecule has 2 atom stereocenters. The lowest BCUT2D eigenvalue weighted by molar-refractivity contribution is -0.125. The zero-order chi connectivity index (χ0) is 14.7. The molecule has 0 radical (unpaired) electrons. The molecular weight excluding hydrogens is 260 g/mol. The molecule has 6 heteroatoms. The van der Waals surface area contributed by atoms with Crippen LogP contribution in [0.3, 0.4) is 0 Å². The molecule has 0 spiro atoms. The molecule has 6 nitrogen and oxygen atoms in total. The molecule has 0 aliphatic carbocycles. The second-order valence-electron chi connectivity index (χ2n) is 4.76. The lowest BCUT2D eigenvalue weighted by Crippen LogP contribution is -2.45. The highest BCUT2D eigenvalue weighted by atomic mass is 16.5. The Hall–Kier alpha value is -1.63. The first-order chi connectivity index (χ1) is 9.58. The number of nitrogens with zero attached hydrogens (tertiary/aromatic N) is 1. The highest BCUT2D eigenvalue weighted by Gasteiger charge is 2.31. The van der Waals surface area contributed by atoms with Crippen LogP contribution < -0.4 is 15.4 Å².